The molecule has 7 aromatic carbocycles. The van der Waals surface area contributed by atoms with Gasteiger partial charge in [0.05, 0.1) is 11.6 Å². The van der Waals surface area contributed by atoms with Gasteiger partial charge in [0.1, 0.15) is 11.2 Å². The molecule has 0 unspecified atom stereocenters. The van der Waals surface area contributed by atoms with E-state index in [4.69, 9.17) is 4.42 Å². The molecule has 0 aliphatic carbocycles. The maximum Gasteiger partial charge on any atom is 0.136 e. The van der Waals surface area contributed by atoms with Crippen molar-refractivity contribution in [2.24, 2.45) is 0 Å². The van der Waals surface area contributed by atoms with Gasteiger partial charge in [-0.2, -0.15) is 5.26 Å². The highest BCUT2D eigenvalue weighted by atomic mass is 32.1. The number of rotatable bonds is 4. The zero-order valence-electron chi connectivity index (χ0n) is 24.7. The number of para-hydroxylation sites is 1. The first-order valence-corrected chi connectivity index (χ1v) is 16.1. The average molecular weight is 604 g/mol. The molecule has 9 aromatic rings. The van der Waals surface area contributed by atoms with E-state index in [2.05, 4.69) is 109 Å². The molecular weight excluding hydrogens is 579 g/mol. The zero-order chi connectivity index (χ0) is 30.6. The molecule has 2 heterocycles. The summed E-state index contributed by atoms with van der Waals surface area (Å²) in [6.07, 6.45) is 0. The molecule has 2 aromatic heterocycles. The van der Waals surface area contributed by atoms with E-state index in [1.807, 2.05) is 59.9 Å². The van der Waals surface area contributed by atoms with Crippen LogP contribution >= 0.6 is 11.3 Å². The molecule has 214 valence electrons. The minimum atomic E-state index is 0.629. The largest absolute Gasteiger partial charge is 0.456 e. The molecule has 0 saturated heterocycles. The molecule has 0 fully saturated rings. The number of nitrogens with zero attached hydrogens (tertiary/aromatic N) is 1. The topological polar surface area (TPSA) is 36.9 Å². The summed E-state index contributed by atoms with van der Waals surface area (Å²) < 4.78 is 8.87. The van der Waals surface area contributed by atoms with Crippen LogP contribution in [0, 0.1) is 11.3 Å². The first-order chi connectivity index (χ1) is 22.7. The molecule has 2 nitrogen and oxygen atoms in total. The van der Waals surface area contributed by atoms with Crippen LogP contribution in [0.25, 0.3) is 86.6 Å². The van der Waals surface area contributed by atoms with Crippen molar-refractivity contribution in [2.45, 2.75) is 0 Å². The molecule has 3 heteroatoms. The molecular formula is C43H25NOS. The lowest BCUT2D eigenvalue weighted by Gasteiger charge is -2.18. The van der Waals surface area contributed by atoms with Crippen molar-refractivity contribution in [1.29, 1.82) is 5.26 Å². The smallest absolute Gasteiger partial charge is 0.136 e. The Hall–Kier alpha value is -5.95. The molecule has 0 saturated carbocycles. The van der Waals surface area contributed by atoms with E-state index < -0.39 is 0 Å². The monoisotopic (exact) mass is 603 g/mol. The molecule has 0 aliphatic heterocycles. The standard InChI is InChI=1S/C43H25NOS/c44-26-27-22-30(28-10-2-1-3-11-28)24-31(23-27)42-32(29-20-21-34-33-12-5-7-19-40(33)46-41(34)25-29)14-8-15-35(42)36-16-9-18-39-43(36)37-13-4-6-17-38(37)45-39/h1-25H. The molecule has 0 amide bonds. The van der Waals surface area contributed by atoms with Gasteiger partial charge in [-0.05, 0) is 87.0 Å². The normalized spacial score (nSPS) is 11.5. The Morgan fingerprint density at radius 3 is 2.04 bits per heavy atom. The molecule has 9 rings (SSSR count). The van der Waals surface area contributed by atoms with Crippen LogP contribution in [-0.2, 0) is 0 Å². The van der Waals surface area contributed by atoms with Gasteiger partial charge in [0.2, 0.25) is 0 Å². The second-order valence-electron chi connectivity index (χ2n) is 11.6. The number of benzene rings is 7. The summed E-state index contributed by atoms with van der Waals surface area (Å²) in [6.45, 7) is 0. The Bertz CT molecular complexity index is 2650. The first kappa shape index (κ1) is 26.5. The van der Waals surface area contributed by atoms with Gasteiger partial charge in [-0.3, -0.25) is 0 Å². The third-order valence-electron chi connectivity index (χ3n) is 8.90. The van der Waals surface area contributed by atoms with Crippen LogP contribution in [0.1, 0.15) is 5.56 Å². The average Bonchev–Trinajstić information content (AvgIpc) is 3.69. The maximum atomic E-state index is 10.2. The summed E-state index contributed by atoms with van der Waals surface area (Å²) in [6, 6.07) is 55.5. The number of hydrogen-bond acceptors (Lipinski definition) is 3. The van der Waals surface area contributed by atoms with Crippen molar-refractivity contribution in [3.8, 4) is 50.6 Å². The molecule has 0 radical (unpaired) electrons. The minimum absolute atomic E-state index is 0.629. The van der Waals surface area contributed by atoms with Crippen LogP contribution in [0.5, 0.6) is 0 Å². The molecule has 0 bridgehead atoms. The third kappa shape index (κ3) is 4.24. The van der Waals surface area contributed by atoms with E-state index in [-0.39, 0.29) is 0 Å². The Morgan fingerprint density at radius 2 is 1.15 bits per heavy atom. The van der Waals surface area contributed by atoms with Crippen LogP contribution in [0.2, 0.25) is 0 Å². The van der Waals surface area contributed by atoms with Crippen molar-refractivity contribution in [1.82, 2.24) is 0 Å². The lowest BCUT2D eigenvalue weighted by atomic mass is 9.85. The third-order valence-corrected chi connectivity index (χ3v) is 10.0. The van der Waals surface area contributed by atoms with Crippen LogP contribution < -0.4 is 0 Å². The van der Waals surface area contributed by atoms with E-state index in [9.17, 15) is 5.26 Å². The fraction of sp³-hybridized carbons (Fsp3) is 0. The van der Waals surface area contributed by atoms with Gasteiger partial charge < -0.3 is 4.42 Å². The first-order valence-electron chi connectivity index (χ1n) is 15.3. The van der Waals surface area contributed by atoms with Crippen molar-refractivity contribution >= 4 is 53.4 Å². The van der Waals surface area contributed by atoms with E-state index in [1.54, 1.807) is 0 Å². The van der Waals surface area contributed by atoms with E-state index in [0.29, 0.717) is 5.56 Å². The highest BCUT2D eigenvalue weighted by Gasteiger charge is 2.20. The lowest BCUT2D eigenvalue weighted by molar-refractivity contribution is 0.669. The summed E-state index contributed by atoms with van der Waals surface area (Å²) in [7, 11) is 0. The molecule has 0 aliphatic rings. The SMILES string of the molecule is N#Cc1cc(-c2ccccc2)cc(-c2c(-c3ccc4c(c3)sc3ccccc34)cccc2-c2cccc3oc4ccccc4c23)c1. The van der Waals surface area contributed by atoms with Crippen LogP contribution in [0.3, 0.4) is 0 Å². The Balaban J connectivity index is 1.37. The second kappa shape index (κ2) is 10.6. The van der Waals surface area contributed by atoms with E-state index >= 15 is 0 Å². The van der Waals surface area contributed by atoms with Crippen LogP contribution in [-0.4, -0.2) is 0 Å². The number of nitriles is 1. The van der Waals surface area contributed by atoms with Gasteiger partial charge in [-0.25, -0.2) is 0 Å². The van der Waals surface area contributed by atoms with Gasteiger partial charge in [-0.1, -0.05) is 109 Å². The van der Waals surface area contributed by atoms with E-state index in [1.165, 1.54) is 20.2 Å². The lowest BCUT2D eigenvalue weighted by Crippen LogP contribution is -1.93. The van der Waals surface area contributed by atoms with E-state index in [0.717, 1.165) is 66.4 Å². The van der Waals surface area contributed by atoms with Gasteiger partial charge in [0, 0.05) is 30.9 Å². The van der Waals surface area contributed by atoms with Crippen LogP contribution in [0.4, 0.5) is 0 Å². The fourth-order valence-corrected chi connectivity index (χ4v) is 8.00. The summed E-state index contributed by atoms with van der Waals surface area (Å²) in [5, 5.41) is 15.0. The number of hydrogen-bond donors (Lipinski definition) is 0. The van der Waals surface area contributed by atoms with Gasteiger partial charge >= 0.3 is 0 Å². The number of fused-ring (bicyclic) bond motifs is 6. The predicted molar refractivity (Wildman–Crippen MR) is 193 cm³/mol. The zero-order valence-corrected chi connectivity index (χ0v) is 25.5. The molecule has 0 N–H and O–H groups in total. The highest BCUT2D eigenvalue weighted by Crippen LogP contribution is 2.46. The Labute approximate surface area is 270 Å². The summed E-state index contributed by atoms with van der Waals surface area (Å²) in [5.41, 5.74) is 11.0. The summed E-state index contributed by atoms with van der Waals surface area (Å²) in [5.74, 6) is 0. The molecule has 0 atom stereocenters. The number of thiophene rings is 1. The maximum absolute atomic E-state index is 10.2. The predicted octanol–water partition coefficient (Wildman–Crippen LogP) is 12.5. The minimum Gasteiger partial charge on any atom is -0.456 e. The Morgan fingerprint density at radius 1 is 0.457 bits per heavy atom. The van der Waals surface area contributed by atoms with Gasteiger partial charge in [0.15, 0.2) is 0 Å². The second-order valence-corrected chi connectivity index (χ2v) is 12.7. The molecule has 46 heavy (non-hydrogen) atoms. The molecule has 0 spiro atoms. The van der Waals surface area contributed by atoms with Gasteiger partial charge in [0.25, 0.3) is 0 Å². The summed E-state index contributed by atoms with van der Waals surface area (Å²) in [4.78, 5) is 0. The van der Waals surface area contributed by atoms with Crippen LogP contribution in [0.15, 0.2) is 156 Å². The highest BCUT2D eigenvalue weighted by molar-refractivity contribution is 7.25. The summed E-state index contributed by atoms with van der Waals surface area (Å²) >= 11 is 1.83. The number of furan rings is 1. The quantitative estimate of drug-likeness (QED) is 0.201. The Kier molecular flexibility index (Phi) is 6.09. The van der Waals surface area contributed by atoms with Gasteiger partial charge in [-0.15, -0.1) is 11.3 Å². The van der Waals surface area contributed by atoms with Crippen molar-refractivity contribution < 1.29 is 4.42 Å². The fourth-order valence-electron chi connectivity index (χ4n) is 6.85. The van der Waals surface area contributed by atoms with Crippen molar-refractivity contribution in [3.63, 3.8) is 0 Å². The van der Waals surface area contributed by atoms with Crippen molar-refractivity contribution in [2.75, 3.05) is 0 Å². The van der Waals surface area contributed by atoms with Crippen molar-refractivity contribution in [3.05, 3.63) is 157 Å².